The predicted molar refractivity (Wildman–Crippen MR) is 75.5 cm³/mol. The lowest BCUT2D eigenvalue weighted by Gasteiger charge is -2.24. The monoisotopic (exact) mass is 289 g/mol. The molecule has 1 fully saturated rings. The van der Waals surface area contributed by atoms with Crippen LogP contribution in [-0.4, -0.2) is 22.7 Å². The van der Waals surface area contributed by atoms with E-state index in [0.29, 0.717) is 18.7 Å². The van der Waals surface area contributed by atoms with Gasteiger partial charge in [0.25, 0.3) is 0 Å². The van der Waals surface area contributed by atoms with Crippen LogP contribution in [0.25, 0.3) is 11.0 Å². The number of amides is 1. The van der Waals surface area contributed by atoms with E-state index in [9.17, 15) is 19.8 Å². The summed E-state index contributed by atoms with van der Waals surface area (Å²) in [6.07, 6.45) is 0.763. The zero-order chi connectivity index (χ0) is 15.1. The smallest absolute Gasteiger partial charge is 0.220 e. The summed E-state index contributed by atoms with van der Waals surface area (Å²) in [5, 5.41) is 23.3. The second kappa shape index (κ2) is 4.80. The molecule has 110 valence electrons. The molecule has 1 aromatic carbocycles. The Labute approximate surface area is 120 Å². The van der Waals surface area contributed by atoms with Crippen molar-refractivity contribution in [2.24, 2.45) is 0 Å². The maximum absolute atomic E-state index is 12.1. The molecule has 21 heavy (non-hydrogen) atoms. The first-order chi connectivity index (χ1) is 9.97. The van der Waals surface area contributed by atoms with Gasteiger partial charge in [0, 0.05) is 36.6 Å². The lowest BCUT2D eigenvalue weighted by Crippen LogP contribution is -2.32. The van der Waals surface area contributed by atoms with Crippen LogP contribution in [0.4, 0.5) is 0 Å². The van der Waals surface area contributed by atoms with E-state index >= 15 is 0 Å². The molecule has 1 amide bonds. The molecule has 0 spiro atoms. The number of nitrogens with one attached hydrogen (secondary N) is 1. The van der Waals surface area contributed by atoms with Gasteiger partial charge in [0.1, 0.15) is 28.2 Å². The van der Waals surface area contributed by atoms with E-state index in [2.05, 4.69) is 5.32 Å². The van der Waals surface area contributed by atoms with Crippen molar-refractivity contribution in [2.75, 3.05) is 6.54 Å². The molecule has 0 bridgehead atoms. The minimum absolute atomic E-state index is 0.0411. The number of phenolic OH excluding ortho intramolecular Hbond substituents is 2. The normalized spacial score (nSPS) is 18.7. The van der Waals surface area contributed by atoms with Gasteiger partial charge in [-0.15, -0.1) is 0 Å². The molecular weight excluding hydrogens is 274 g/mol. The minimum Gasteiger partial charge on any atom is -0.507 e. The molecule has 2 heterocycles. The summed E-state index contributed by atoms with van der Waals surface area (Å²) >= 11 is 0. The Balaban J connectivity index is 2.24. The molecule has 0 aliphatic carbocycles. The standard InChI is InChI=1S/C15H15NO5/c1-7-4-9(17)14-11(21-7)6-10(18)13(15(14)20)8-2-3-16-12(19)5-8/h4,6,8,18,20H,2-3,5H2,1H3,(H,16,19)/t8-/m0/s1. The molecule has 0 unspecified atom stereocenters. The molecule has 1 saturated heterocycles. The van der Waals surface area contributed by atoms with Crippen LogP contribution in [0, 0.1) is 6.92 Å². The highest BCUT2D eigenvalue weighted by molar-refractivity contribution is 5.88. The number of rotatable bonds is 1. The van der Waals surface area contributed by atoms with E-state index < -0.39 is 0 Å². The van der Waals surface area contributed by atoms with Crippen molar-refractivity contribution >= 4 is 16.9 Å². The molecule has 2 aromatic rings. The number of carbonyl (C=O) groups is 1. The lowest BCUT2D eigenvalue weighted by molar-refractivity contribution is -0.122. The summed E-state index contributed by atoms with van der Waals surface area (Å²) in [6.45, 7) is 2.09. The van der Waals surface area contributed by atoms with Gasteiger partial charge in [0.2, 0.25) is 5.91 Å². The fourth-order valence-electron chi connectivity index (χ4n) is 2.86. The van der Waals surface area contributed by atoms with Crippen molar-refractivity contribution in [3.63, 3.8) is 0 Å². The van der Waals surface area contributed by atoms with Crippen LogP contribution in [0.1, 0.15) is 30.1 Å². The fraction of sp³-hybridized carbons (Fsp3) is 0.333. The summed E-state index contributed by atoms with van der Waals surface area (Å²) in [7, 11) is 0. The third kappa shape index (κ3) is 2.22. The Morgan fingerprint density at radius 2 is 2.05 bits per heavy atom. The van der Waals surface area contributed by atoms with E-state index in [1.54, 1.807) is 6.92 Å². The molecule has 0 saturated carbocycles. The maximum atomic E-state index is 12.1. The SMILES string of the molecule is Cc1cc(=O)c2c(O)c([C@H]3CCNC(=O)C3)c(O)cc2o1. The Kier molecular flexibility index (Phi) is 3.08. The second-order valence-electron chi connectivity index (χ2n) is 5.29. The predicted octanol–water partition coefficient (Wildman–Crippen LogP) is 1.51. The van der Waals surface area contributed by atoms with E-state index in [0.717, 1.165) is 0 Å². The average molecular weight is 289 g/mol. The number of aromatic hydroxyl groups is 2. The topological polar surface area (TPSA) is 99.8 Å². The van der Waals surface area contributed by atoms with Gasteiger partial charge in [-0.3, -0.25) is 9.59 Å². The number of piperidine rings is 1. The van der Waals surface area contributed by atoms with Crippen molar-refractivity contribution in [3.05, 3.63) is 33.7 Å². The molecule has 6 nitrogen and oxygen atoms in total. The first-order valence-corrected chi connectivity index (χ1v) is 6.73. The van der Waals surface area contributed by atoms with Crippen LogP contribution >= 0.6 is 0 Å². The number of fused-ring (bicyclic) bond motifs is 1. The maximum Gasteiger partial charge on any atom is 0.220 e. The van der Waals surface area contributed by atoms with Gasteiger partial charge in [-0.2, -0.15) is 0 Å². The second-order valence-corrected chi connectivity index (χ2v) is 5.29. The molecule has 0 radical (unpaired) electrons. The Hall–Kier alpha value is -2.50. The van der Waals surface area contributed by atoms with Crippen LogP contribution in [0.15, 0.2) is 21.3 Å². The zero-order valence-electron chi connectivity index (χ0n) is 11.5. The van der Waals surface area contributed by atoms with Crippen molar-refractivity contribution in [1.82, 2.24) is 5.32 Å². The van der Waals surface area contributed by atoms with Crippen LogP contribution in [-0.2, 0) is 4.79 Å². The van der Waals surface area contributed by atoms with Gasteiger partial charge in [-0.25, -0.2) is 0 Å². The summed E-state index contributed by atoms with van der Waals surface area (Å²) in [5.74, 6) is -0.507. The van der Waals surface area contributed by atoms with Gasteiger partial charge in [-0.05, 0) is 13.3 Å². The highest BCUT2D eigenvalue weighted by Crippen LogP contribution is 2.42. The number of phenols is 2. The lowest BCUT2D eigenvalue weighted by atomic mass is 9.87. The molecule has 1 aliphatic heterocycles. The van der Waals surface area contributed by atoms with Crippen molar-refractivity contribution in [2.45, 2.75) is 25.7 Å². The van der Waals surface area contributed by atoms with E-state index in [-0.39, 0.29) is 51.7 Å². The third-order valence-corrected chi connectivity index (χ3v) is 3.79. The minimum atomic E-state index is -0.368. The Morgan fingerprint density at radius 3 is 2.76 bits per heavy atom. The van der Waals surface area contributed by atoms with Crippen LogP contribution in [0.3, 0.4) is 0 Å². The number of hydrogen-bond donors (Lipinski definition) is 3. The largest absolute Gasteiger partial charge is 0.507 e. The summed E-state index contributed by atoms with van der Waals surface area (Å²) in [5.41, 5.74) is 0.0141. The molecule has 3 N–H and O–H groups in total. The summed E-state index contributed by atoms with van der Waals surface area (Å²) in [4.78, 5) is 23.5. The number of aryl methyl sites for hydroxylation is 1. The highest BCUT2D eigenvalue weighted by Gasteiger charge is 2.28. The first-order valence-electron chi connectivity index (χ1n) is 6.73. The summed E-state index contributed by atoms with van der Waals surface area (Å²) in [6, 6.07) is 2.61. The number of carbonyl (C=O) groups excluding carboxylic acids is 1. The first kappa shape index (κ1) is 13.5. The Bertz CT molecular complexity index is 793. The van der Waals surface area contributed by atoms with Gasteiger partial charge in [0.05, 0.1) is 0 Å². The molecule has 1 aliphatic rings. The average Bonchev–Trinajstić information content (AvgIpc) is 2.37. The van der Waals surface area contributed by atoms with Gasteiger partial charge in [0.15, 0.2) is 5.43 Å². The van der Waals surface area contributed by atoms with Gasteiger partial charge in [-0.1, -0.05) is 0 Å². The third-order valence-electron chi connectivity index (χ3n) is 3.79. The van der Waals surface area contributed by atoms with E-state index in [4.69, 9.17) is 4.42 Å². The van der Waals surface area contributed by atoms with Crippen LogP contribution in [0.2, 0.25) is 0 Å². The summed E-state index contributed by atoms with van der Waals surface area (Å²) < 4.78 is 5.37. The molecule has 3 rings (SSSR count). The van der Waals surface area contributed by atoms with Crippen LogP contribution < -0.4 is 10.7 Å². The molecule has 1 aromatic heterocycles. The Morgan fingerprint density at radius 1 is 1.29 bits per heavy atom. The number of hydrogen-bond acceptors (Lipinski definition) is 5. The van der Waals surface area contributed by atoms with E-state index in [1.165, 1.54) is 12.1 Å². The zero-order valence-corrected chi connectivity index (χ0v) is 11.5. The van der Waals surface area contributed by atoms with Crippen molar-refractivity contribution in [3.8, 4) is 11.5 Å². The number of benzene rings is 1. The van der Waals surface area contributed by atoms with Gasteiger partial charge >= 0.3 is 0 Å². The van der Waals surface area contributed by atoms with E-state index in [1.807, 2.05) is 0 Å². The highest BCUT2D eigenvalue weighted by atomic mass is 16.3. The molecule has 6 heteroatoms. The molecule has 1 atom stereocenters. The molecular formula is C15H15NO5. The van der Waals surface area contributed by atoms with Gasteiger partial charge < -0.3 is 19.9 Å². The fourth-order valence-corrected chi connectivity index (χ4v) is 2.86. The van der Waals surface area contributed by atoms with Crippen molar-refractivity contribution in [1.29, 1.82) is 0 Å². The quantitative estimate of drug-likeness (QED) is 0.739. The van der Waals surface area contributed by atoms with Crippen LogP contribution in [0.5, 0.6) is 11.5 Å². The van der Waals surface area contributed by atoms with Crippen molar-refractivity contribution < 1.29 is 19.4 Å².